The first-order chi connectivity index (χ1) is 12.4. The van der Waals surface area contributed by atoms with Crippen molar-refractivity contribution >= 4 is 31.9 Å². The molecular weight excluding hydrogens is 422 g/mol. The summed E-state index contributed by atoms with van der Waals surface area (Å²) < 4.78 is 32.6. The third-order valence-corrected chi connectivity index (χ3v) is 5.02. The number of rotatable bonds is 5. The van der Waals surface area contributed by atoms with Crippen molar-refractivity contribution < 1.29 is 17.9 Å². The quantitative estimate of drug-likeness (QED) is 0.663. The molecule has 0 aliphatic heterocycles. The van der Waals surface area contributed by atoms with Gasteiger partial charge in [0.2, 0.25) is 0 Å². The molecule has 0 atom stereocenters. The lowest BCUT2D eigenvalue weighted by molar-refractivity contribution is 0.0981. The fourth-order valence-electron chi connectivity index (χ4n) is 1.99. The summed E-state index contributed by atoms with van der Waals surface area (Å²) in [6, 6.07) is 13.8. The summed E-state index contributed by atoms with van der Waals surface area (Å²) in [4.78, 5) is 20.1. The van der Waals surface area contributed by atoms with Crippen molar-refractivity contribution in [2.24, 2.45) is 0 Å². The number of benzene rings is 2. The molecule has 0 aliphatic rings. The Labute approximate surface area is 158 Å². The average molecular weight is 434 g/mol. The van der Waals surface area contributed by atoms with Gasteiger partial charge < -0.3 is 4.74 Å². The van der Waals surface area contributed by atoms with Crippen molar-refractivity contribution in [1.82, 2.24) is 14.7 Å². The van der Waals surface area contributed by atoms with Crippen LogP contribution in [0.25, 0.3) is 0 Å². The van der Waals surface area contributed by atoms with E-state index in [0.717, 1.165) is 0 Å². The van der Waals surface area contributed by atoms with Gasteiger partial charge in [0.05, 0.1) is 4.90 Å². The van der Waals surface area contributed by atoms with Crippen molar-refractivity contribution in [1.29, 1.82) is 0 Å². The van der Waals surface area contributed by atoms with Crippen LogP contribution in [0.5, 0.6) is 11.8 Å². The molecule has 1 aromatic heterocycles. The Bertz CT molecular complexity index is 1030. The number of carbonyl (C=O) groups excluding carboxylic acids is 1. The molecule has 9 heteroatoms. The van der Waals surface area contributed by atoms with Crippen LogP contribution in [0.15, 0.2) is 76.4 Å². The van der Waals surface area contributed by atoms with Crippen LogP contribution in [-0.4, -0.2) is 24.3 Å². The lowest BCUT2D eigenvalue weighted by atomic mass is 10.2. The number of ether oxygens (including phenoxy) is 1. The standard InChI is InChI=1S/C17H12BrN3O4S/c18-13-3-1-4-15(11-13)26(23,24)21-16(22)12-5-7-14(8-6-12)25-17-19-9-2-10-20-17/h1-11H,(H,21,22). The van der Waals surface area contributed by atoms with Gasteiger partial charge in [0.1, 0.15) is 5.75 Å². The van der Waals surface area contributed by atoms with E-state index in [0.29, 0.717) is 10.2 Å². The molecule has 0 bridgehead atoms. The summed E-state index contributed by atoms with van der Waals surface area (Å²) in [5.74, 6) is -0.324. The van der Waals surface area contributed by atoms with Gasteiger partial charge >= 0.3 is 6.01 Å². The van der Waals surface area contributed by atoms with Crippen molar-refractivity contribution in [2.75, 3.05) is 0 Å². The Kier molecular flexibility index (Phi) is 5.29. The van der Waals surface area contributed by atoms with Gasteiger partial charge in [0, 0.05) is 22.4 Å². The Balaban J connectivity index is 1.72. The van der Waals surface area contributed by atoms with E-state index in [1.54, 1.807) is 18.2 Å². The fourth-order valence-corrected chi connectivity index (χ4v) is 3.56. The van der Waals surface area contributed by atoms with Crippen LogP contribution in [0.2, 0.25) is 0 Å². The molecule has 7 nitrogen and oxygen atoms in total. The van der Waals surface area contributed by atoms with Crippen molar-refractivity contribution in [3.8, 4) is 11.8 Å². The molecule has 2 aromatic carbocycles. The van der Waals surface area contributed by atoms with E-state index in [1.165, 1.54) is 48.8 Å². The van der Waals surface area contributed by atoms with E-state index in [1.807, 2.05) is 4.72 Å². The zero-order chi connectivity index (χ0) is 18.6. The molecule has 0 unspecified atom stereocenters. The zero-order valence-corrected chi connectivity index (χ0v) is 15.6. The zero-order valence-electron chi connectivity index (χ0n) is 13.2. The molecule has 0 radical (unpaired) electrons. The smallest absolute Gasteiger partial charge is 0.321 e. The number of hydrogen-bond donors (Lipinski definition) is 1. The predicted molar refractivity (Wildman–Crippen MR) is 97.3 cm³/mol. The lowest BCUT2D eigenvalue weighted by Gasteiger charge is -2.08. The van der Waals surface area contributed by atoms with Crippen LogP contribution >= 0.6 is 15.9 Å². The molecule has 1 amide bonds. The summed E-state index contributed by atoms with van der Waals surface area (Å²) in [6.07, 6.45) is 3.08. The maximum absolute atomic E-state index is 12.3. The molecule has 3 aromatic rings. The SMILES string of the molecule is O=C(NS(=O)(=O)c1cccc(Br)c1)c1ccc(Oc2ncccn2)cc1. The van der Waals surface area contributed by atoms with Gasteiger partial charge in [-0.15, -0.1) is 0 Å². The highest BCUT2D eigenvalue weighted by atomic mass is 79.9. The number of hydrogen-bond acceptors (Lipinski definition) is 6. The van der Waals surface area contributed by atoms with E-state index in [2.05, 4.69) is 25.9 Å². The van der Waals surface area contributed by atoms with Gasteiger partial charge in [0.15, 0.2) is 0 Å². The summed E-state index contributed by atoms with van der Waals surface area (Å²) in [5.41, 5.74) is 0.171. The average Bonchev–Trinajstić information content (AvgIpc) is 2.63. The summed E-state index contributed by atoms with van der Waals surface area (Å²) in [5, 5.41) is 0. The molecule has 1 N–H and O–H groups in total. The van der Waals surface area contributed by atoms with Crippen LogP contribution < -0.4 is 9.46 Å². The maximum atomic E-state index is 12.3. The number of nitrogens with zero attached hydrogens (tertiary/aromatic N) is 2. The van der Waals surface area contributed by atoms with Crippen molar-refractivity contribution in [3.63, 3.8) is 0 Å². The monoisotopic (exact) mass is 433 g/mol. The molecule has 132 valence electrons. The highest BCUT2D eigenvalue weighted by Gasteiger charge is 2.19. The van der Waals surface area contributed by atoms with E-state index >= 15 is 0 Å². The second kappa shape index (κ2) is 7.63. The van der Waals surface area contributed by atoms with Crippen molar-refractivity contribution in [3.05, 3.63) is 77.0 Å². The summed E-state index contributed by atoms with van der Waals surface area (Å²) in [7, 11) is -3.97. The predicted octanol–water partition coefficient (Wildman–Crippen LogP) is 3.15. The van der Waals surface area contributed by atoms with Gasteiger partial charge in [-0.05, 0) is 48.5 Å². The Morgan fingerprint density at radius 2 is 1.69 bits per heavy atom. The topological polar surface area (TPSA) is 98.2 Å². The van der Waals surface area contributed by atoms with E-state index in [-0.39, 0.29) is 16.5 Å². The number of amides is 1. The maximum Gasteiger partial charge on any atom is 0.321 e. The van der Waals surface area contributed by atoms with E-state index in [4.69, 9.17) is 4.74 Å². The van der Waals surface area contributed by atoms with E-state index < -0.39 is 15.9 Å². The third kappa shape index (κ3) is 4.44. The van der Waals surface area contributed by atoms with Crippen LogP contribution in [0, 0.1) is 0 Å². The Morgan fingerprint density at radius 1 is 1.00 bits per heavy atom. The first kappa shape index (κ1) is 18.0. The molecule has 0 saturated carbocycles. The normalized spacial score (nSPS) is 11.0. The lowest BCUT2D eigenvalue weighted by Crippen LogP contribution is -2.30. The second-order valence-corrected chi connectivity index (χ2v) is 7.65. The minimum atomic E-state index is -3.97. The van der Waals surface area contributed by atoms with Gasteiger partial charge in [-0.3, -0.25) is 4.79 Å². The summed E-state index contributed by atoms with van der Waals surface area (Å²) in [6.45, 7) is 0. The number of aromatic nitrogens is 2. The largest absolute Gasteiger partial charge is 0.424 e. The third-order valence-electron chi connectivity index (χ3n) is 3.20. The molecule has 3 rings (SSSR count). The van der Waals surface area contributed by atoms with Gasteiger partial charge in [-0.25, -0.2) is 23.1 Å². The highest BCUT2D eigenvalue weighted by molar-refractivity contribution is 9.10. The first-order valence-corrected chi connectivity index (χ1v) is 9.59. The molecule has 0 saturated heterocycles. The molecular formula is C17H12BrN3O4S. The number of halogens is 1. The molecule has 1 heterocycles. The summed E-state index contributed by atoms with van der Waals surface area (Å²) >= 11 is 3.20. The molecule has 26 heavy (non-hydrogen) atoms. The van der Waals surface area contributed by atoms with Crippen LogP contribution in [0.1, 0.15) is 10.4 Å². The van der Waals surface area contributed by atoms with Gasteiger partial charge in [-0.1, -0.05) is 22.0 Å². The van der Waals surface area contributed by atoms with E-state index in [9.17, 15) is 13.2 Å². The molecule has 0 fully saturated rings. The highest BCUT2D eigenvalue weighted by Crippen LogP contribution is 2.19. The van der Waals surface area contributed by atoms with Gasteiger partial charge in [0.25, 0.3) is 15.9 Å². The van der Waals surface area contributed by atoms with Crippen LogP contribution in [0.4, 0.5) is 0 Å². The van der Waals surface area contributed by atoms with Crippen LogP contribution in [0.3, 0.4) is 0 Å². The minimum absolute atomic E-state index is 0.0126. The molecule has 0 aliphatic carbocycles. The van der Waals surface area contributed by atoms with Gasteiger partial charge in [-0.2, -0.15) is 0 Å². The molecule has 0 spiro atoms. The number of sulfonamides is 1. The number of nitrogens with one attached hydrogen (secondary N) is 1. The first-order valence-electron chi connectivity index (χ1n) is 7.32. The minimum Gasteiger partial charge on any atom is -0.424 e. The van der Waals surface area contributed by atoms with Crippen LogP contribution in [-0.2, 0) is 10.0 Å². The Morgan fingerprint density at radius 3 is 2.35 bits per heavy atom. The fraction of sp³-hybridized carbons (Fsp3) is 0. The second-order valence-electron chi connectivity index (χ2n) is 5.05. The Hall–Kier alpha value is -2.78. The van der Waals surface area contributed by atoms with Crippen molar-refractivity contribution in [2.45, 2.75) is 4.90 Å². The number of carbonyl (C=O) groups is 1.